The molecule has 1 saturated heterocycles. The van der Waals surface area contributed by atoms with Crippen molar-refractivity contribution in [2.45, 2.75) is 13.5 Å². The van der Waals surface area contributed by atoms with E-state index in [1.54, 1.807) is 41.6 Å². The molecular formula is C19H20Cl2N6O3. The van der Waals surface area contributed by atoms with E-state index in [1.165, 1.54) is 4.57 Å². The van der Waals surface area contributed by atoms with Crippen LogP contribution >= 0.6 is 23.2 Å². The number of hydrogen-bond donors (Lipinski definition) is 1. The first-order chi connectivity index (χ1) is 14.3. The minimum absolute atomic E-state index is 0.0184. The molecule has 0 unspecified atom stereocenters. The number of hydrogen-bond acceptors (Lipinski definition) is 5. The van der Waals surface area contributed by atoms with Crippen molar-refractivity contribution < 1.29 is 4.79 Å². The van der Waals surface area contributed by atoms with Gasteiger partial charge >= 0.3 is 5.69 Å². The van der Waals surface area contributed by atoms with E-state index in [-0.39, 0.29) is 23.6 Å². The number of carbonyl (C=O) groups excluding carboxylic acids is 1. The first-order valence-electron chi connectivity index (χ1n) is 9.41. The van der Waals surface area contributed by atoms with Crippen molar-refractivity contribution in [3.8, 4) is 0 Å². The van der Waals surface area contributed by atoms with Gasteiger partial charge in [-0.2, -0.15) is 4.98 Å². The van der Waals surface area contributed by atoms with Gasteiger partial charge in [0.25, 0.3) is 5.56 Å². The van der Waals surface area contributed by atoms with Crippen molar-refractivity contribution >= 4 is 46.2 Å². The van der Waals surface area contributed by atoms with Gasteiger partial charge in [0.2, 0.25) is 11.9 Å². The molecule has 0 saturated carbocycles. The molecule has 1 aromatic carbocycles. The number of nitrogens with zero attached hydrogens (tertiary/aromatic N) is 5. The number of nitrogens with one attached hydrogen (secondary N) is 1. The summed E-state index contributed by atoms with van der Waals surface area (Å²) in [5, 5.41) is 0.941. The number of benzene rings is 1. The highest BCUT2D eigenvalue weighted by Crippen LogP contribution is 2.29. The number of carbonyl (C=O) groups is 1. The van der Waals surface area contributed by atoms with Crippen LogP contribution in [-0.2, 0) is 18.4 Å². The lowest BCUT2D eigenvalue weighted by atomic mass is 10.2. The maximum absolute atomic E-state index is 12.7. The Bertz CT molecular complexity index is 1230. The summed E-state index contributed by atoms with van der Waals surface area (Å²) in [6, 6.07) is 5.21. The molecule has 1 fully saturated rings. The summed E-state index contributed by atoms with van der Waals surface area (Å²) in [7, 11) is 1.55. The third-order valence-corrected chi connectivity index (χ3v) is 6.08. The number of fused-ring (bicyclic) bond motifs is 1. The van der Waals surface area contributed by atoms with E-state index >= 15 is 0 Å². The summed E-state index contributed by atoms with van der Waals surface area (Å²) in [6.45, 7) is 3.93. The van der Waals surface area contributed by atoms with Crippen molar-refractivity contribution in [3.63, 3.8) is 0 Å². The summed E-state index contributed by atoms with van der Waals surface area (Å²) in [5.74, 6) is 0.542. The number of halogens is 2. The van der Waals surface area contributed by atoms with E-state index < -0.39 is 11.2 Å². The van der Waals surface area contributed by atoms with Crippen molar-refractivity contribution in [1.82, 2.24) is 24.0 Å². The molecule has 11 heteroatoms. The second-order valence-electron chi connectivity index (χ2n) is 7.18. The molecular weight excluding hydrogens is 431 g/mol. The molecule has 3 aromatic rings. The Hall–Kier alpha value is -2.78. The van der Waals surface area contributed by atoms with E-state index in [9.17, 15) is 14.4 Å². The Morgan fingerprint density at radius 3 is 2.37 bits per heavy atom. The van der Waals surface area contributed by atoms with Crippen LogP contribution in [-0.4, -0.2) is 56.1 Å². The highest BCUT2D eigenvalue weighted by molar-refractivity contribution is 6.36. The number of aromatic amines is 1. The first kappa shape index (κ1) is 20.5. The fraction of sp³-hybridized carbons (Fsp3) is 0.368. The molecule has 0 aliphatic carbocycles. The Morgan fingerprint density at radius 1 is 1.13 bits per heavy atom. The highest BCUT2D eigenvalue weighted by atomic mass is 35.5. The third kappa shape index (κ3) is 3.48. The van der Waals surface area contributed by atoms with Gasteiger partial charge in [-0.1, -0.05) is 29.3 Å². The Kier molecular flexibility index (Phi) is 5.33. The van der Waals surface area contributed by atoms with Gasteiger partial charge in [-0.15, -0.1) is 0 Å². The molecule has 1 aliphatic heterocycles. The number of piperazine rings is 1. The van der Waals surface area contributed by atoms with Crippen LogP contribution < -0.4 is 16.1 Å². The zero-order chi connectivity index (χ0) is 21.6. The normalized spacial score (nSPS) is 14.5. The Labute approximate surface area is 181 Å². The number of anilines is 1. The maximum Gasteiger partial charge on any atom is 0.329 e. The van der Waals surface area contributed by atoms with Gasteiger partial charge in [-0.25, -0.2) is 4.79 Å². The molecule has 1 amide bonds. The molecule has 1 aliphatic rings. The molecule has 4 rings (SSSR count). The van der Waals surface area contributed by atoms with Gasteiger partial charge in [0, 0.05) is 55.8 Å². The molecule has 158 valence electrons. The summed E-state index contributed by atoms with van der Waals surface area (Å²) in [5.41, 5.74) is 0.114. The molecule has 30 heavy (non-hydrogen) atoms. The minimum Gasteiger partial charge on any atom is -0.339 e. The average molecular weight is 451 g/mol. The number of aryl methyl sites for hydroxylation is 1. The van der Waals surface area contributed by atoms with E-state index in [1.807, 2.05) is 4.90 Å². The van der Waals surface area contributed by atoms with Crippen LogP contribution in [0.25, 0.3) is 11.2 Å². The van der Waals surface area contributed by atoms with Crippen LogP contribution in [0.15, 0.2) is 27.8 Å². The van der Waals surface area contributed by atoms with Crippen molar-refractivity contribution in [2.24, 2.45) is 7.05 Å². The monoisotopic (exact) mass is 450 g/mol. The predicted molar refractivity (Wildman–Crippen MR) is 116 cm³/mol. The van der Waals surface area contributed by atoms with Gasteiger partial charge in [0.15, 0.2) is 11.2 Å². The van der Waals surface area contributed by atoms with E-state index in [0.717, 1.165) is 0 Å². The van der Waals surface area contributed by atoms with Crippen molar-refractivity contribution in [1.29, 1.82) is 0 Å². The third-order valence-electron chi connectivity index (χ3n) is 5.37. The summed E-state index contributed by atoms with van der Waals surface area (Å²) in [6.07, 6.45) is 0. The standard InChI is InChI=1S/C19H20Cl2N6O3/c1-11(28)25-6-8-26(9-7-25)18-22-16-15(17(29)23-19(30)24(16)2)27(18)10-12-13(20)4-3-5-14(12)21/h3-5H,6-10H2,1-2H3,(H,23,29,30). The number of amides is 1. The second kappa shape index (κ2) is 7.81. The number of imidazole rings is 1. The van der Waals surface area contributed by atoms with Crippen LogP contribution in [0.1, 0.15) is 12.5 Å². The molecule has 1 N–H and O–H groups in total. The topological polar surface area (TPSA) is 96.2 Å². The lowest BCUT2D eigenvalue weighted by Crippen LogP contribution is -2.48. The zero-order valence-corrected chi connectivity index (χ0v) is 18.0. The van der Waals surface area contributed by atoms with E-state index in [2.05, 4.69) is 9.97 Å². The van der Waals surface area contributed by atoms with Gasteiger partial charge < -0.3 is 9.80 Å². The minimum atomic E-state index is -0.541. The summed E-state index contributed by atoms with van der Waals surface area (Å²) in [4.78, 5) is 47.2. The van der Waals surface area contributed by atoms with Crippen molar-refractivity contribution in [3.05, 3.63) is 54.6 Å². The molecule has 3 heterocycles. The smallest absolute Gasteiger partial charge is 0.329 e. The van der Waals surface area contributed by atoms with Gasteiger partial charge in [-0.05, 0) is 12.1 Å². The van der Waals surface area contributed by atoms with Gasteiger partial charge in [0.1, 0.15) is 0 Å². The quantitative estimate of drug-likeness (QED) is 0.651. The Morgan fingerprint density at radius 2 is 1.77 bits per heavy atom. The molecule has 0 spiro atoms. The van der Waals surface area contributed by atoms with Crippen LogP contribution in [0.4, 0.5) is 5.95 Å². The molecule has 0 radical (unpaired) electrons. The molecule has 0 bridgehead atoms. The number of rotatable bonds is 3. The number of aromatic nitrogens is 4. The van der Waals surface area contributed by atoms with Crippen LogP contribution in [0, 0.1) is 0 Å². The van der Waals surface area contributed by atoms with Crippen LogP contribution in [0.5, 0.6) is 0 Å². The summed E-state index contributed by atoms with van der Waals surface area (Å²) < 4.78 is 3.03. The maximum atomic E-state index is 12.7. The fourth-order valence-corrected chi connectivity index (χ4v) is 4.19. The second-order valence-corrected chi connectivity index (χ2v) is 8.00. The predicted octanol–water partition coefficient (Wildman–Crippen LogP) is 1.45. The Balaban J connectivity index is 1.87. The van der Waals surface area contributed by atoms with E-state index in [4.69, 9.17) is 23.2 Å². The largest absolute Gasteiger partial charge is 0.339 e. The van der Waals surface area contributed by atoms with Gasteiger partial charge in [0.05, 0.1) is 6.54 Å². The highest BCUT2D eigenvalue weighted by Gasteiger charge is 2.26. The lowest BCUT2D eigenvalue weighted by Gasteiger charge is -2.35. The fourth-order valence-electron chi connectivity index (χ4n) is 3.68. The first-order valence-corrected chi connectivity index (χ1v) is 10.2. The summed E-state index contributed by atoms with van der Waals surface area (Å²) >= 11 is 12.7. The van der Waals surface area contributed by atoms with E-state index in [0.29, 0.717) is 47.7 Å². The lowest BCUT2D eigenvalue weighted by molar-refractivity contribution is -0.129. The molecule has 2 aromatic heterocycles. The molecule has 0 atom stereocenters. The number of H-pyrrole nitrogens is 1. The molecule has 9 nitrogen and oxygen atoms in total. The van der Waals surface area contributed by atoms with Crippen molar-refractivity contribution in [2.75, 3.05) is 31.1 Å². The van der Waals surface area contributed by atoms with Gasteiger partial charge in [-0.3, -0.25) is 23.7 Å². The zero-order valence-electron chi connectivity index (χ0n) is 16.5. The van der Waals surface area contributed by atoms with Crippen LogP contribution in [0.3, 0.4) is 0 Å². The SMILES string of the molecule is CC(=O)N1CCN(c2nc3c(c(=O)[nH]c(=O)n3C)n2Cc2c(Cl)cccc2Cl)CC1. The average Bonchev–Trinajstić information content (AvgIpc) is 3.09. The van der Waals surface area contributed by atoms with Crippen LogP contribution in [0.2, 0.25) is 10.0 Å².